The van der Waals surface area contributed by atoms with Crippen LogP contribution in [0.15, 0.2) is 24.3 Å². The van der Waals surface area contributed by atoms with E-state index in [1.165, 1.54) is 11.3 Å². The summed E-state index contributed by atoms with van der Waals surface area (Å²) >= 11 is 1.51. The Balaban J connectivity index is 1.71. The molecular weight excluding hydrogens is 284 g/mol. The molecule has 21 heavy (non-hydrogen) atoms. The summed E-state index contributed by atoms with van der Waals surface area (Å²) in [4.78, 5) is 17.2. The molecule has 0 unspecified atom stereocenters. The molecule has 1 amide bonds. The van der Waals surface area contributed by atoms with Crippen molar-refractivity contribution in [3.8, 4) is 5.75 Å². The van der Waals surface area contributed by atoms with Crippen LogP contribution in [0.3, 0.4) is 0 Å². The van der Waals surface area contributed by atoms with E-state index in [1.54, 1.807) is 0 Å². The summed E-state index contributed by atoms with van der Waals surface area (Å²) in [5, 5.41) is 3.50. The Labute approximate surface area is 129 Å². The fourth-order valence-corrected chi connectivity index (χ4v) is 2.67. The van der Waals surface area contributed by atoms with Crippen LogP contribution in [-0.2, 0) is 4.79 Å². The highest BCUT2D eigenvalue weighted by Gasteiger charge is 2.08. The molecule has 1 N–H and O–H groups in total. The fraction of sp³-hybridized carbons (Fsp3) is 0.375. The number of ether oxygens (including phenoxy) is 1. The highest BCUT2D eigenvalue weighted by Crippen LogP contribution is 2.21. The van der Waals surface area contributed by atoms with Crippen molar-refractivity contribution in [3.05, 3.63) is 40.4 Å². The number of rotatable bonds is 6. The Hall–Kier alpha value is -1.88. The smallest absolute Gasteiger partial charge is 0.226 e. The van der Waals surface area contributed by atoms with Gasteiger partial charge in [-0.3, -0.25) is 4.79 Å². The predicted molar refractivity (Wildman–Crippen MR) is 86.1 cm³/mol. The van der Waals surface area contributed by atoms with E-state index in [2.05, 4.69) is 10.3 Å². The first-order chi connectivity index (χ1) is 10.1. The second kappa shape index (κ2) is 7.22. The molecule has 0 aliphatic carbocycles. The summed E-state index contributed by atoms with van der Waals surface area (Å²) in [6, 6.07) is 7.88. The van der Waals surface area contributed by atoms with Gasteiger partial charge in [0.05, 0.1) is 12.3 Å². The third-order valence-electron chi connectivity index (χ3n) is 3.17. The van der Waals surface area contributed by atoms with E-state index in [-0.39, 0.29) is 5.91 Å². The van der Waals surface area contributed by atoms with Crippen LogP contribution in [0.2, 0.25) is 0 Å². The van der Waals surface area contributed by atoms with Crippen molar-refractivity contribution in [2.24, 2.45) is 0 Å². The molecule has 0 fully saturated rings. The molecular formula is C16H20N2O2S. The largest absolute Gasteiger partial charge is 0.493 e. The number of aromatic nitrogens is 1. The molecule has 0 aliphatic heterocycles. The molecule has 0 bridgehead atoms. The number of carbonyl (C=O) groups excluding carboxylic acids is 1. The molecule has 0 saturated carbocycles. The molecule has 1 aromatic carbocycles. The van der Waals surface area contributed by atoms with Crippen LogP contribution in [0.1, 0.15) is 29.0 Å². The monoisotopic (exact) mass is 304 g/mol. The molecule has 0 atom stereocenters. The van der Waals surface area contributed by atoms with Crippen LogP contribution >= 0.6 is 11.3 Å². The number of para-hydroxylation sites is 1. The molecule has 0 aliphatic rings. The highest BCUT2D eigenvalue weighted by molar-refractivity contribution is 7.15. The van der Waals surface area contributed by atoms with Gasteiger partial charge in [-0.25, -0.2) is 4.98 Å². The normalized spacial score (nSPS) is 10.4. The van der Waals surface area contributed by atoms with Crippen molar-refractivity contribution in [2.45, 2.75) is 33.6 Å². The first-order valence-electron chi connectivity index (χ1n) is 6.98. The lowest BCUT2D eigenvalue weighted by Gasteiger charge is -2.08. The van der Waals surface area contributed by atoms with Crippen LogP contribution < -0.4 is 10.1 Å². The van der Waals surface area contributed by atoms with Crippen LogP contribution in [0.4, 0.5) is 5.13 Å². The first-order valence-corrected chi connectivity index (χ1v) is 7.80. The highest BCUT2D eigenvalue weighted by atomic mass is 32.1. The lowest BCUT2D eigenvalue weighted by atomic mass is 10.2. The molecule has 5 heteroatoms. The minimum absolute atomic E-state index is 0.0165. The van der Waals surface area contributed by atoms with Gasteiger partial charge in [0, 0.05) is 11.3 Å². The number of aryl methyl sites for hydroxylation is 3. The van der Waals surface area contributed by atoms with Crippen LogP contribution in [0.5, 0.6) is 5.75 Å². The summed E-state index contributed by atoms with van der Waals surface area (Å²) in [5.74, 6) is 0.862. The Bertz CT molecular complexity index is 603. The average molecular weight is 304 g/mol. The summed E-state index contributed by atoms with van der Waals surface area (Å²) in [6.07, 6.45) is 1.12. The number of benzene rings is 1. The molecule has 112 valence electrons. The van der Waals surface area contributed by atoms with Gasteiger partial charge in [0.15, 0.2) is 5.13 Å². The summed E-state index contributed by atoms with van der Waals surface area (Å²) in [7, 11) is 0. The van der Waals surface area contributed by atoms with E-state index in [1.807, 2.05) is 45.0 Å². The zero-order chi connectivity index (χ0) is 15.2. The maximum absolute atomic E-state index is 11.8. The molecule has 0 radical (unpaired) electrons. The van der Waals surface area contributed by atoms with Crippen molar-refractivity contribution in [3.63, 3.8) is 0 Å². The Morgan fingerprint density at radius 3 is 2.71 bits per heavy atom. The molecule has 0 spiro atoms. The summed E-state index contributed by atoms with van der Waals surface area (Å²) in [5.41, 5.74) is 2.08. The minimum Gasteiger partial charge on any atom is -0.493 e. The second-order valence-electron chi connectivity index (χ2n) is 4.93. The molecule has 4 nitrogen and oxygen atoms in total. The lowest BCUT2D eigenvalue weighted by Crippen LogP contribution is -2.12. The van der Waals surface area contributed by atoms with Crippen LogP contribution in [-0.4, -0.2) is 17.5 Å². The number of anilines is 1. The topological polar surface area (TPSA) is 51.2 Å². The van der Waals surface area contributed by atoms with E-state index >= 15 is 0 Å². The lowest BCUT2D eigenvalue weighted by molar-refractivity contribution is -0.116. The van der Waals surface area contributed by atoms with Gasteiger partial charge in [0.25, 0.3) is 0 Å². The van der Waals surface area contributed by atoms with Crippen molar-refractivity contribution in [2.75, 3.05) is 11.9 Å². The van der Waals surface area contributed by atoms with Crippen molar-refractivity contribution >= 4 is 22.4 Å². The number of amides is 1. The average Bonchev–Trinajstić information content (AvgIpc) is 2.75. The van der Waals surface area contributed by atoms with Gasteiger partial charge in [-0.15, -0.1) is 11.3 Å². The zero-order valence-corrected chi connectivity index (χ0v) is 13.4. The number of nitrogens with one attached hydrogen (secondary N) is 1. The number of hydrogen-bond acceptors (Lipinski definition) is 4. The van der Waals surface area contributed by atoms with Gasteiger partial charge in [-0.2, -0.15) is 0 Å². The molecule has 0 saturated heterocycles. The van der Waals surface area contributed by atoms with Gasteiger partial charge in [-0.05, 0) is 38.8 Å². The third-order valence-corrected chi connectivity index (χ3v) is 4.16. The molecule has 1 aromatic heterocycles. The summed E-state index contributed by atoms with van der Waals surface area (Å²) in [6.45, 7) is 6.49. The number of hydrogen-bond donors (Lipinski definition) is 1. The van der Waals surface area contributed by atoms with E-state index in [0.717, 1.165) is 21.9 Å². The second-order valence-corrected chi connectivity index (χ2v) is 6.13. The van der Waals surface area contributed by atoms with E-state index in [0.29, 0.717) is 24.6 Å². The van der Waals surface area contributed by atoms with Gasteiger partial charge in [-0.1, -0.05) is 18.2 Å². The Morgan fingerprint density at radius 2 is 2.05 bits per heavy atom. The van der Waals surface area contributed by atoms with Gasteiger partial charge in [0.2, 0.25) is 5.91 Å². The molecule has 2 rings (SSSR count). The van der Waals surface area contributed by atoms with Gasteiger partial charge in [0.1, 0.15) is 5.75 Å². The van der Waals surface area contributed by atoms with Gasteiger partial charge >= 0.3 is 0 Å². The van der Waals surface area contributed by atoms with Crippen molar-refractivity contribution < 1.29 is 9.53 Å². The molecule has 2 aromatic rings. The van der Waals surface area contributed by atoms with Crippen molar-refractivity contribution in [1.29, 1.82) is 0 Å². The number of thiazole rings is 1. The van der Waals surface area contributed by atoms with Crippen molar-refractivity contribution in [1.82, 2.24) is 4.98 Å². The standard InChI is InChI=1S/C16H20N2O2S/c1-11-7-4-5-8-14(11)20-10-6-9-15(19)18-16-17-12(2)13(3)21-16/h4-5,7-8H,6,9-10H2,1-3H3,(H,17,18,19). The van der Waals surface area contributed by atoms with E-state index < -0.39 is 0 Å². The maximum atomic E-state index is 11.8. The summed E-state index contributed by atoms with van der Waals surface area (Å²) < 4.78 is 5.67. The third kappa shape index (κ3) is 4.56. The fourth-order valence-electron chi connectivity index (χ4n) is 1.84. The van der Waals surface area contributed by atoms with E-state index in [9.17, 15) is 4.79 Å². The first kappa shape index (κ1) is 15.5. The quantitative estimate of drug-likeness (QED) is 0.824. The van der Waals surface area contributed by atoms with Gasteiger partial charge < -0.3 is 10.1 Å². The van der Waals surface area contributed by atoms with Crippen LogP contribution in [0.25, 0.3) is 0 Å². The maximum Gasteiger partial charge on any atom is 0.226 e. The number of nitrogens with zero attached hydrogens (tertiary/aromatic N) is 1. The minimum atomic E-state index is -0.0165. The van der Waals surface area contributed by atoms with E-state index in [4.69, 9.17) is 4.74 Å². The predicted octanol–water partition coefficient (Wildman–Crippen LogP) is 3.87. The van der Waals surface area contributed by atoms with Crippen LogP contribution in [0, 0.1) is 20.8 Å². The SMILES string of the molecule is Cc1ccccc1OCCCC(=O)Nc1nc(C)c(C)s1. The Morgan fingerprint density at radius 1 is 1.29 bits per heavy atom. The molecule has 1 heterocycles. The number of carbonyl (C=O) groups is 1. The zero-order valence-electron chi connectivity index (χ0n) is 12.6. The Kier molecular flexibility index (Phi) is 5.33.